The highest BCUT2D eigenvalue weighted by Gasteiger charge is 2.38. The number of rotatable bonds is 10. The lowest BCUT2D eigenvalue weighted by Gasteiger charge is -2.39. The predicted molar refractivity (Wildman–Crippen MR) is 137 cm³/mol. The van der Waals surface area contributed by atoms with Crippen LogP contribution >= 0.6 is 0 Å². The molecule has 0 aliphatic carbocycles. The molecule has 0 amide bonds. The highest BCUT2D eigenvalue weighted by molar-refractivity contribution is 5.46. The maximum absolute atomic E-state index is 11.3. The van der Waals surface area contributed by atoms with E-state index in [0.29, 0.717) is 13.2 Å². The van der Waals surface area contributed by atoms with Crippen molar-refractivity contribution in [3.8, 4) is 11.5 Å². The Balaban J connectivity index is 1.26. The van der Waals surface area contributed by atoms with Gasteiger partial charge in [-0.3, -0.25) is 9.80 Å². The van der Waals surface area contributed by atoms with E-state index in [1.165, 1.54) is 11.3 Å². The average molecular weight is 469 g/mol. The van der Waals surface area contributed by atoms with Crippen LogP contribution in [0.3, 0.4) is 0 Å². The number of β-amino-alcohol motifs (C(OH)–C–C–N with tert-alkyl or cyclic N) is 1. The third kappa shape index (κ3) is 6.63. The van der Waals surface area contributed by atoms with E-state index in [9.17, 15) is 5.11 Å². The second kappa shape index (κ2) is 11.4. The SMILES string of the molecule is COc1cc(CN2CC[C@@](O)(CN3CCN(c4ccccc4)CC3)C2)ccc1OCCN(C)C. The van der Waals surface area contributed by atoms with E-state index < -0.39 is 5.60 Å². The van der Waals surface area contributed by atoms with Crippen LogP contribution in [-0.2, 0) is 6.54 Å². The van der Waals surface area contributed by atoms with Crippen LogP contribution in [0.25, 0.3) is 0 Å². The number of benzene rings is 2. The molecule has 2 aromatic rings. The standard InChI is InChI=1S/C27H40N4O3/c1-28(2)17-18-34-25-10-9-23(19-26(25)33-3)20-30-12-11-27(32,22-30)21-29-13-15-31(16-14-29)24-7-5-4-6-8-24/h4-10,19,32H,11-18,20-22H2,1-3H3/t27-/m1/s1. The largest absolute Gasteiger partial charge is 0.493 e. The van der Waals surface area contributed by atoms with Gasteiger partial charge in [-0.15, -0.1) is 0 Å². The lowest BCUT2D eigenvalue weighted by atomic mass is 10.0. The van der Waals surface area contributed by atoms with E-state index in [-0.39, 0.29) is 0 Å². The van der Waals surface area contributed by atoms with Crippen molar-refractivity contribution in [3.05, 3.63) is 54.1 Å². The number of para-hydroxylation sites is 1. The van der Waals surface area contributed by atoms with Crippen LogP contribution in [0, 0.1) is 0 Å². The highest BCUT2D eigenvalue weighted by atomic mass is 16.5. The maximum Gasteiger partial charge on any atom is 0.161 e. The van der Waals surface area contributed by atoms with Crippen LogP contribution in [0.2, 0.25) is 0 Å². The minimum atomic E-state index is -0.645. The van der Waals surface area contributed by atoms with Gasteiger partial charge in [0.05, 0.1) is 12.7 Å². The van der Waals surface area contributed by atoms with E-state index in [4.69, 9.17) is 9.47 Å². The zero-order chi connectivity index (χ0) is 24.0. The van der Waals surface area contributed by atoms with Crippen molar-refractivity contribution in [1.29, 1.82) is 0 Å². The number of hydrogen-bond acceptors (Lipinski definition) is 7. The molecule has 2 aliphatic rings. The van der Waals surface area contributed by atoms with Gasteiger partial charge in [-0.05, 0) is 50.3 Å². The quantitative estimate of drug-likeness (QED) is 0.575. The first-order valence-corrected chi connectivity index (χ1v) is 12.4. The van der Waals surface area contributed by atoms with Crippen molar-refractivity contribution < 1.29 is 14.6 Å². The van der Waals surface area contributed by atoms with Gasteiger partial charge in [0.1, 0.15) is 6.61 Å². The van der Waals surface area contributed by atoms with Gasteiger partial charge in [-0.2, -0.15) is 0 Å². The molecule has 34 heavy (non-hydrogen) atoms. The second-order valence-electron chi connectivity index (χ2n) is 9.92. The molecule has 0 unspecified atom stereocenters. The molecule has 0 radical (unpaired) electrons. The fraction of sp³-hybridized carbons (Fsp3) is 0.556. The van der Waals surface area contributed by atoms with Crippen molar-refractivity contribution in [2.24, 2.45) is 0 Å². The molecule has 2 aromatic carbocycles. The summed E-state index contributed by atoms with van der Waals surface area (Å²) in [7, 11) is 5.75. The smallest absolute Gasteiger partial charge is 0.161 e. The Morgan fingerprint density at radius 1 is 0.941 bits per heavy atom. The molecule has 7 nitrogen and oxygen atoms in total. The Kier molecular flexibility index (Phi) is 8.32. The summed E-state index contributed by atoms with van der Waals surface area (Å²) in [5.74, 6) is 1.54. The summed E-state index contributed by atoms with van der Waals surface area (Å²) in [6, 6.07) is 16.8. The van der Waals surface area contributed by atoms with E-state index in [2.05, 4.69) is 62.1 Å². The third-order valence-corrected chi connectivity index (χ3v) is 6.85. The molecule has 2 fully saturated rings. The number of hydrogen-bond donors (Lipinski definition) is 1. The van der Waals surface area contributed by atoms with E-state index in [1.807, 2.05) is 20.2 Å². The molecule has 2 saturated heterocycles. The molecule has 4 rings (SSSR count). The summed E-state index contributed by atoms with van der Waals surface area (Å²) in [6.07, 6.45) is 0.814. The topological polar surface area (TPSA) is 51.7 Å². The number of anilines is 1. The fourth-order valence-electron chi connectivity index (χ4n) is 4.95. The fourth-order valence-corrected chi connectivity index (χ4v) is 4.95. The molecule has 7 heteroatoms. The molecule has 1 N–H and O–H groups in total. The first kappa shape index (κ1) is 24.8. The number of aliphatic hydroxyl groups is 1. The molecule has 0 aromatic heterocycles. The minimum Gasteiger partial charge on any atom is -0.493 e. The van der Waals surface area contributed by atoms with Crippen molar-refractivity contribution in [1.82, 2.24) is 14.7 Å². The van der Waals surface area contributed by atoms with Crippen LogP contribution in [0.5, 0.6) is 11.5 Å². The zero-order valence-electron chi connectivity index (χ0n) is 20.9. The number of piperazine rings is 1. The summed E-state index contributed by atoms with van der Waals surface area (Å²) in [4.78, 5) is 9.30. The highest BCUT2D eigenvalue weighted by Crippen LogP contribution is 2.30. The van der Waals surface area contributed by atoms with Crippen LogP contribution in [0.15, 0.2) is 48.5 Å². The van der Waals surface area contributed by atoms with Gasteiger partial charge < -0.3 is 24.4 Å². The zero-order valence-corrected chi connectivity index (χ0v) is 20.9. The average Bonchev–Trinajstić information content (AvgIpc) is 3.20. The number of nitrogens with zero attached hydrogens (tertiary/aromatic N) is 4. The van der Waals surface area contributed by atoms with Crippen molar-refractivity contribution >= 4 is 5.69 Å². The molecule has 2 aliphatic heterocycles. The Hall–Kier alpha value is -2.32. The van der Waals surface area contributed by atoms with E-state index >= 15 is 0 Å². The maximum atomic E-state index is 11.3. The summed E-state index contributed by atoms with van der Waals surface area (Å²) >= 11 is 0. The van der Waals surface area contributed by atoms with Crippen molar-refractivity contribution in [2.75, 3.05) is 85.1 Å². The Bertz CT molecular complexity index is 902. The minimum absolute atomic E-state index is 0.626. The first-order valence-electron chi connectivity index (χ1n) is 12.4. The lowest BCUT2D eigenvalue weighted by Crippen LogP contribution is -2.52. The summed E-state index contributed by atoms with van der Waals surface area (Å²) in [5, 5.41) is 11.3. The van der Waals surface area contributed by atoms with Gasteiger partial charge in [0.15, 0.2) is 11.5 Å². The van der Waals surface area contributed by atoms with E-state index in [0.717, 1.165) is 70.3 Å². The number of likely N-dealkylation sites (N-methyl/N-ethyl adjacent to an activating group) is 1. The third-order valence-electron chi connectivity index (χ3n) is 6.85. The van der Waals surface area contributed by atoms with Gasteiger partial charge in [0.2, 0.25) is 0 Å². The predicted octanol–water partition coefficient (Wildman–Crippen LogP) is 2.39. The van der Waals surface area contributed by atoms with Gasteiger partial charge in [0.25, 0.3) is 0 Å². The second-order valence-corrected chi connectivity index (χ2v) is 9.92. The van der Waals surface area contributed by atoms with E-state index in [1.54, 1.807) is 7.11 Å². The summed E-state index contributed by atoms with van der Waals surface area (Å²) < 4.78 is 11.5. The molecule has 0 bridgehead atoms. The number of ether oxygens (including phenoxy) is 2. The normalized spacial score (nSPS) is 21.9. The van der Waals surface area contributed by atoms with Crippen molar-refractivity contribution in [2.45, 2.75) is 18.6 Å². The van der Waals surface area contributed by atoms with Crippen LogP contribution in [-0.4, -0.2) is 106 Å². The molecule has 2 heterocycles. The molecular weight excluding hydrogens is 428 g/mol. The van der Waals surface area contributed by atoms with Gasteiger partial charge >= 0.3 is 0 Å². The summed E-state index contributed by atoms with van der Waals surface area (Å²) in [6.45, 7) is 8.64. The Morgan fingerprint density at radius 2 is 1.71 bits per heavy atom. The lowest BCUT2D eigenvalue weighted by molar-refractivity contribution is 0.00978. The van der Waals surface area contributed by atoms with Gasteiger partial charge in [0, 0.05) is 64.6 Å². The number of methoxy groups -OCH3 is 1. The van der Waals surface area contributed by atoms with Crippen LogP contribution < -0.4 is 14.4 Å². The molecule has 0 saturated carbocycles. The Morgan fingerprint density at radius 3 is 2.41 bits per heavy atom. The summed E-state index contributed by atoms with van der Waals surface area (Å²) in [5.41, 5.74) is 1.82. The van der Waals surface area contributed by atoms with Crippen LogP contribution in [0.1, 0.15) is 12.0 Å². The first-order chi connectivity index (χ1) is 16.4. The Labute approximate surface area is 204 Å². The van der Waals surface area contributed by atoms with Gasteiger partial charge in [-0.1, -0.05) is 24.3 Å². The molecular formula is C27H40N4O3. The van der Waals surface area contributed by atoms with Crippen LogP contribution in [0.4, 0.5) is 5.69 Å². The monoisotopic (exact) mass is 468 g/mol. The van der Waals surface area contributed by atoms with Crippen molar-refractivity contribution in [3.63, 3.8) is 0 Å². The molecule has 186 valence electrons. The molecule has 1 atom stereocenters. The van der Waals surface area contributed by atoms with Gasteiger partial charge in [-0.25, -0.2) is 0 Å². The molecule has 0 spiro atoms. The number of likely N-dealkylation sites (tertiary alicyclic amines) is 1.